The van der Waals surface area contributed by atoms with Crippen LogP contribution in [0.3, 0.4) is 0 Å². The highest BCUT2D eigenvalue weighted by Gasteiger charge is 2.40. The van der Waals surface area contributed by atoms with E-state index in [1.165, 1.54) is 39.0 Å². The molecule has 104 valence electrons. The van der Waals surface area contributed by atoms with Crippen LogP contribution in [0.2, 0.25) is 0 Å². The maximum Gasteiger partial charge on any atom is 0.490 e. The van der Waals surface area contributed by atoms with Gasteiger partial charge in [-0.15, -0.1) is 0 Å². The topological polar surface area (TPSA) is 52.6 Å². The predicted octanol–water partition coefficient (Wildman–Crippen LogP) is 0.933. The van der Waals surface area contributed by atoms with Crippen molar-refractivity contribution in [2.24, 2.45) is 11.8 Å². The lowest BCUT2D eigenvalue weighted by Gasteiger charge is -2.52. The zero-order valence-electron chi connectivity index (χ0n) is 9.91. The van der Waals surface area contributed by atoms with Gasteiger partial charge in [-0.2, -0.15) is 13.2 Å². The van der Waals surface area contributed by atoms with Crippen LogP contribution in [-0.2, 0) is 4.79 Å². The largest absolute Gasteiger partial charge is 0.490 e. The zero-order valence-corrected chi connectivity index (χ0v) is 9.91. The molecule has 3 saturated heterocycles. The molecule has 1 aliphatic carbocycles. The summed E-state index contributed by atoms with van der Waals surface area (Å²) in [7, 11) is 0. The Kier molecular flexibility index (Phi) is 3.82. The Labute approximate surface area is 103 Å². The van der Waals surface area contributed by atoms with E-state index in [-0.39, 0.29) is 0 Å². The SMILES string of the molecule is C1C2CC1CN(C1CNC1)C2.O=C(O)C(F)(F)F. The van der Waals surface area contributed by atoms with Crippen LogP contribution in [0.25, 0.3) is 0 Å². The number of hydrogen-bond donors (Lipinski definition) is 2. The molecule has 0 unspecified atom stereocenters. The summed E-state index contributed by atoms with van der Waals surface area (Å²) in [4.78, 5) is 11.6. The lowest BCUT2D eigenvalue weighted by molar-refractivity contribution is -0.192. The number of nitrogens with one attached hydrogen (secondary N) is 1. The third-order valence-electron chi connectivity index (χ3n) is 3.84. The fraction of sp³-hybridized carbons (Fsp3) is 0.909. The molecule has 0 aromatic rings. The summed E-state index contributed by atoms with van der Waals surface area (Å²) >= 11 is 0. The molecular formula is C11H17F3N2O2. The number of nitrogens with zero attached hydrogens (tertiary/aromatic N) is 1. The molecule has 0 radical (unpaired) electrons. The Bertz CT molecular complexity index is 302. The van der Waals surface area contributed by atoms with E-state index in [2.05, 4.69) is 10.2 Å². The van der Waals surface area contributed by atoms with Crippen LogP contribution in [0, 0.1) is 11.8 Å². The number of fused-ring (bicyclic) bond motifs is 2. The second kappa shape index (κ2) is 5.05. The number of carbonyl (C=O) groups is 1. The van der Waals surface area contributed by atoms with Gasteiger partial charge in [0.2, 0.25) is 0 Å². The number of halogens is 3. The average molecular weight is 266 g/mol. The van der Waals surface area contributed by atoms with Crippen LogP contribution < -0.4 is 5.32 Å². The first-order chi connectivity index (χ1) is 8.36. The zero-order chi connectivity index (χ0) is 13.3. The fourth-order valence-corrected chi connectivity index (χ4v) is 2.74. The maximum atomic E-state index is 10.6. The minimum absolute atomic E-state index is 0.903. The molecule has 2 N–H and O–H groups in total. The summed E-state index contributed by atoms with van der Waals surface area (Å²) in [5.41, 5.74) is 0. The van der Waals surface area contributed by atoms with E-state index < -0.39 is 12.1 Å². The van der Waals surface area contributed by atoms with Crippen molar-refractivity contribution >= 4 is 5.97 Å². The van der Waals surface area contributed by atoms with Gasteiger partial charge in [0.15, 0.2) is 0 Å². The van der Waals surface area contributed by atoms with Gasteiger partial charge >= 0.3 is 12.1 Å². The van der Waals surface area contributed by atoms with Crippen molar-refractivity contribution in [3.05, 3.63) is 0 Å². The summed E-state index contributed by atoms with van der Waals surface area (Å²) in [5.74, 6) is -0.601. The van der Waals surface area contributed by atoms with E-state index >= 15 is 0 Å². The Balaban J connectivity index is 0.000000152. The molecule has 4 aliphatic rings. The summed E-state index contributed by atoms with van der Waals surface area (Å²) in [6.07, 6.45) is -2.01. The smallest absolute Gasteiger partial charge is 0.475 e. The summed E-state index contributed by atoms with van der Waals surface area (Å²) in [6, 6.07) is 0.903. The van der Waals surface area contributed by atoms with Gasteiger partial charge < -0.3 is 10.4 Å². The molecular weight excluding hydrogens is 249 g/mol. The molecule has 18 heavy (non-hydrogen) atoms. The number of rotatable bonds is 1. The van der Waals surface area contributed by atoms with Crippen LogP contribution in [-0.4, -0.2) is 54.4 Å². The maximum absolute atomic E-state index is 10.6. The standard InChI is InChI=1S/C9H16N2.C2HF3O2/c1-7-2-8(1)6-11(5-7)9-3-10-4-9;3-2(4,5)1(6)7/h7-10H,1-6H2;(H,6,7). The van der Waals surface area contributed by atoms with Crippen LogP contribution in [0.4, 0.5) is 13.2 Å². The van der Waals surface area contributed by atoms with Gasteiger partial charge in [0.25, 0.3) is 0 Å². The first kappa shape index (κ1) is 13.6. The lowest BCUT2D eigenvalue weighted by Crippen LogP contribution is -2.62. The number of carboxylic acid groups (broad SMARTS) is 1. The van der Waals surface area contributed by atoms with Crippen LogP contribution in [0.5, 0.6) is 0 Å². The van der Waals surface area contributed by atoms with Gasteiger partial charge in [0.1, 0.15) is 0 Å². The van der Waals surface area contributed by atoms with Gasteiger partial charge in [-0.05, 0) is 24.7 Å². The highest BCUT2D eigenvalue weighted by Crippen LogP contribution is 2.40. The molecule has 1 saturated carbocycles. The van der Waals surface area contributed by atoms with E-state index in [1.807, 2.05) is 0 Å². The molecule has 4 rings (SSSR count). The molecule has 0 spiro atoms. The lowest BCUT2D eigenvalue weighted by atomic mass is 9.70. The fourth-order valence-electron chi connectivity index (χ4n) is 2.74. The number of aliphatic carboxylic acids is 1. The van der Waals surface area contributed by atoms with Crippen molar-refractivity contribution in [1.29, 1.82) is 0 Å². The van der Waals surface area contributed by atoms with E-state index in [1.54, 1.807) is 0 Å². The van der Waals surface area contributed by atoms with E-state index in [0.717, 1.165) is 17.9 Å². The summed E-state index contributed by atoms with van der Waals surface area (Å²) in [5, 5.41) is 10.5. The minimum atomic E-state index is -5.08. The van der Waals surface area contributed by atoms with Crippen molar-refractivity contribution in [2.75, 3.05) is 26.2 Å². The van der Waals surface area contributed by atoms with Crippen molar-refractivity contribution in [3.8, 4) is 0 Å². The third kappa shape index (κ3) is 3.14. The monoisotopic (exact) mass is 266 g/mol. The predicted molar refractivity (Wildman–Crippen MR) is 58.1 cm³/mol. The molecule has 0 aromatic heterocycles. The third-order valence-corrected chi connectivity index (χ3v) is 3.84. The Hall–Kier alpha value is -0.820. The van der Waals surface area contributed by atoms with E-state index in [4.69, 9.17) is 9.90 Å². The first-order valence-electron chi connectivity index (χ1n) is 6.11. The summed E-state index contributed by atoms with van der Waals surface area (Å²) < 4.78 is 31.7. The van der Waals surface area contributed by atoms with Crippen molar-refractivity contribution < 1.29 is 23.1 Å². The molecule has 0 amide bonds. The number of carboxylic acids is 1. The molecule has 4 fully saturated rings. The quantitative estimate of drug-likeness (QED) is 0.741. The van der Waals surface area contributed by atoms with Gasteiger partial charge in [-0.25, -0.2) is 4.79 Å². The van der Waals surface area contributed by atoms with Gasteiger partial charge in [0, 0.05) is 32.2 Å². The highest BCUT2D eigenvalue weighted by atomic mass is 19.4. The molecule has 0 atom stereocenters. The normalized spacial score (nSPS) is 31.7. The molecule has 3 heterocycles. The average Bonchev–Trinajstić information content (AvgIpc) is 2.13. The molecule has 7 heteroatoms. The van der Waals surface area contributed by atoms with E-state index in [9.17, 15) is 13.2 Å². The second-order valence-corrected chi connectivity index (χ2v) is 5.27. The van der Waals surface area contributed by atoms with Crippen LogP contribution in [0.1, 0.15) is 12.8 Å². The van der Waals surface area contributed by atoms with E-state index in [0.29, 0.717) is 0 Å². The first-order valence-corrected chi connectivity index (χ1v) is 6.11. The molecule has 3 aliphatic heterocycles. The Morgan fingerprint density at radius 3 is 1.89 bits per heavy atom. The van der Waals surface area contributed by atoms with Crippen molar-refractivity contribution in [2.45, 2.75) is 25.1 Å². The molecule has 0 aromatic carbocycles. The van der Waals surface area contributed by atoms with Crippen LogP contribution >= 0.6 is 0 Å². The van der Waals surface area contributed by atoms with Gasteiger partial charge in [-0.3, -0.25) is 4.90 Å². The van der Waals surface area contributed by atoms with Crippen molar-refractivity contribution in [1.82, 2.24) is 10.2 Å². The van der Waals surface area contributed by atoms with Crippen LogP contribution in [0.15, 0.2) is 0 Å². The molecule has 4 nitrogen and oxygen atoms in total. The highest BCUT2D eigenvalue weighted by molar-refractivity contribution is 5.73. The van der Waals surface area contributed by atoms with Gasteiger partial charge in [0.05, 0.1) is 0 Å². The number of hydrogen-bond acceptors (Lipinski definition) is 3. The Morgan fingerprint density at radius 2 is 1.61 bits per heavy atom. The summed E-state index contributed by atoms with van der Waals surface area (Å²) in [6.45, 7) is 5.31. The Morgan fingerprint density at radius 1 is 1.17 bits per heavy atom. The minimum Gasteiger partial charge on any atom is -0.475 e. The number of piperidine rings is 2. The second-order valence-electron chi connectivity index (χ2n) is 5.27. The van der Waals surface area contributed by atoms with Gasteiger partial charge in [-0.1, -0.05) is 0 Å². The number of alkyl halides is 3. The van der Waals surface area contributed by atoms with Crippen molar-refractivity contribution in [3.63, 3.8) is 0 Å². The molecule has 2 bridgehead atoms.